The number of halogens is 1. The van der Waals surface area contributed by atoms with E-state index in [1.807, 2.05) is 32.0 Å². The van der Waals surface area contributed by atoms with Gasteiger partial charge in [0.15, 0.2) is 0 Å². The molecule has 0 unspecified atom stereocenters. The van der Waals surface area contributed by atoms with Crippen LogP contribution in [0.5, 0.6) is 0 Å². The minimum Gasteiger partial charge on any atom is -0.269 e. The third-order valence-electron chi connectivity index (χ3n) is 3.82. The highest BCUT2D eigenvalue weighted by atomic mass is 79.9. The van der Waals surface area contributed by atoms with Crippen LogP contribution in [0.3, 0.4) is 0 Å². The van der Waals surface area contributed by atoms with Gasteiger partial charge in [-0.25, -0.2) is 8.42 Å². The number of hydrogen-bond acceptors (Lipinski definition) is 3. The van der Waals surface area contributed by atoms with E-state index in [1.165, 1.54) is 10.5 Å². The fourth-order valence-corrected chi connectivity index (χ4v) is 4.91. The van der Waals surface area contributed by atoms with Crippen molar-refractivity contribution in [2.24, 2.45) is 0 Å². The lowest BCUT2D eigenvalue weighted by Crippen LogP contribution is -2.35. The highest BCUT2D eigenvalue weighted by molar-refractivity contribution is 9.10. The molecule has 0 radical (unpaired) electrons. The van der Waals surface area contributed by atoms with Crippen LogP contribution < -0.4 is 4.31 Å². The first kappa shape index (κ1) is 15.6. The number of nitrogens with zero attached hydrogens (tertiary/aromatic N) is 3. The second-order valence-electron chi connectivity index (χ2n) is 5.68. The van der Waals surface area contributed by atoms with Gasteiger partial charge in [-0.2, -0.15) is 5.10 Å². The number of aryl methyl sites for hydroxylation is 1. The zero-order chi connectivity index (χ0) is 15.9. The van der Waals surface area contributed by atoms with Gasteiger partial charge in [-0.1, -0.05) is 12.1 Å². The Kier molecular flexibility index (Phi) is 4.03. The molecule has 0 fully saturated rings. The van der Waals surface area contributed by atoms with Crippen LogP contribution in [-0.4, -0.2) is 24.7 Å². The predicted molar refractivity (Wildman–Crippen MR) is 89.6 cm³/mol. The average Bonchev–Trinajstić information content (AvgIpc) is 2.98. The molecule has 2 aromatic rings. The van der Waals surface area contributed by atoms with Crippen molar-refractivity contribution in [3.05, 3.63) is 40.6 Å². The lowest BCUT2D eigenvalue weighted by Gasteiger charge is -2.31. The van der Waals surface area contributed by atoms with Crippen molar-refractivity contribution >= 4 is 31.6 Å². The minimum atomic E-state index is -3.59. The van der Waals surface area contributed by atoms with Gasteiger partial charge < -0.3 is 0 Å². The first-order chi connectivity index (χ1) is 10.4. The highest BCUT2D eigenvalue weighted by Crippen LogP contribution is 2.37. The fraction of sp³-hybridized carbons (Fsp3) is 0.400. The molecule has 0 bridgehead atoms. The second-order valence-corrected chi connectivity index (χ2v) is 8.39. The molecule has 1 aliphatic heterocycles. The third kappa shape index (κ3) is 2.56. The van der Waals surface area contributed by atoms with Gasteiger partial charge in [-0.3, -0.25) is 8.99 Å². The van der Waals surface area contributed by atoms with Gasteiger partial charge in [0.1, 0.15) is 4.90 Å². The Morgan fingerprint density at radius 1 is 1.32 bits per heavy atom. The summed E-state index contributed by atoms with van der Waals surface area (Å²) in [7, 11) is -3.59. The zero-order valence-corrected chi connectivity index (χ0v) is 14.9. The summed E-state index contributed by atoms with van der Waals surface area (Å²) in [5.41, 5.74) is 1.81. The van der Waals surface area contributed by atoms with E-state index in [-0.39, 0.29) is 10.9 Å². The number of fused-ring (bicyclic) bond motifs is 1. The van der Waals surface area contributed by atoms with Crippen molar-refractivity contribution in [1.82, 2.24) is 9.78 Å². The Hall–Kier alpha value is -1.34. The van der Waals surface area contributed by atoms with E-state index in [0.29, 0.717) is 6.54 Å². The first-order valence-corrected chi connectivity index (χ1v) is 9.49. The molecule has 0 saturated heterocycles. The summed E-state index contributed by atoms with van der Waals surface area (Å²) in [4.78, 5) is 0.241. The normalized spacial score (nSPS) is 15.2. The van der Waals surface area contributed by atoms with E-state index in [1.54, 1.807) is 10.9 Å². The quantitative estimate of drug-likeness (QED) is 0.816. The first-order valence-electron chi connectivity index (χ1n) is 7.25. The Morgan fingerprint density at radius 2 is 2.09 bits per heavy atom. The Bertz CT molecular complexity index is 799. The van der Waals surface area contributed by atoms with E-state index < -0.39 is 10.0 Å². The monoisotopic (exact) mass is 383 g/mol. The molecular formula is C15H18BrN3O2S. The van der Waals surface area contributed by atoms with Gasteiger partial charge in [-0.15, -0.1) is 0 Å². The molecule has 0 atom stereocenters. The van der Waals surface area contributed by atoms with Gasteiger partial charge in [0.05, 0.1) is 11.9 Å². The van der Waals surface area contributed by atoms with Crippen LogP contribution in [0.2, 0.25) is 0 Å². The molecule has 0 amide bonds. The number of benzene rings is 1. The largest absolute Gasteiger partial charge is 0.269 e. The SMILES string of the molecule is CC(C)n1cc(S(=O)(=O)N2CCCc3cccc(Br)c32)cn1. The number of aromatic nitrogens is 2. The smallest absolute Gasteiger partial charge is 0.267 e. The standard InChI is InChI=1S/C15H18BrN3O2S/c1-11(2)18-10-13(9-17-18)22(20,21)19-8-4-6-12-5-3-7-14(16)15(12)19/h3,5,7,9-11H,4,6,8H2,1-2H3. The lowest BCUT2D eigenvalue weighted by atomic mass is 10.0. The molecule has 0 N–H and O–H groups in total. The molecule has 0 aliphatic carbocycles. The van der Waals surface area contributed by atoms with Crippen LogP contribution in [0.4, 0.5) is 5.69 Å². The number of hydrogen-bond donors (Lipinski definition) is 0. The predicted octanol–water partition coefficient (Wildman–Crippen LogP) is 3.37. The van der Waals surface area contributed by atoms with Crippen molar-refractivity contribution in [3.8, 4) is 0 Å². The van der Waals surface area contributed by atoms with Gasteiger partial charge >= 0.3 is 0 Å². The van der Waals surface area contributed by atoms with E-state index in [2.05, 4.69) is 21.0 Å². The number of anilines is 1. The summed E-state index contributed by atoms with van der Waals surface area (Å²) in [6, 6.07) is 5.93. The lowest BCUT2D eigenvalue weighted by molar-refractivity contribution is 0.531. The summed E-state index contributed by atoms with van der Waals surface area (Å²) in [5.74, 6) is 0. The summed E-state index contributed by atoms with van der Waals surface area (Å²) in [6.45, 7) is 4.43. The van der Waals surface area contributed by atoms with Crippen molar-refractivity contribution in [1.29, 1.82) is 0 Å². The fourth-order valence-electron chi connectivity index (χ4n) is 2.67. The highest BCUT2D eigenvalue weighted by Gasteiger charge is 2.31. The third-order valence-corrected chi connectivity index (χ3v) is 6.21. The van der Waals surface area contributed by atoms with Gasteiger partial charge in [0.25, 0.3) is 10.0 Å². The van der Waals surface area contributed by atoms with Crippen LogP contribution in [0.15, 0.2) is 40.0 Å². The molecule has 1 aromatic carbocycles. The molecule has 1 aromatic heterocycles. The van der Waals surface area contributed by atoms with Crippen LogP contribution in [0, 0.1) is 0 Å². The molecule has 5 nitrogen and oxygen atoms in total. The van der Waals surface area contributed by atoms with E-state index in [9.17, 15) is 8.42 Å². The summed E-state index contributed by atoms with van der Waals surface area (Å²) in [6.07, 6.45) is 4.75. The zero-order valence-electron chi connectivity index (χ0n) is 12.5. The van der Waals surface area contributed by atoms with Crippen LogP contribution >= 0.6 is 15.9 Å². The molecule has 22 heavy (non-hydrogen) atoms. The van der Waals surface area contributed by atoms with Crippen molar-refractivity contribution in [3.63, 3.8) is 0 Å². The van der Waals surface area contributed by atoms with Crippen LogP contribution in [-0.2, 0) is 16.4 Å². The van der Waals surface area contributed by atoms with Crippen LogP contribution in [0.25, 0.3) is 0 Å². The Labute approximate surface area is 139 Å². The van der Waals surface area contributed by atoms with Gasteiger partial charge in [0, 0.05) is 23.3 Å². The number of rotatable bonds is 3. The average molecular weight is 384 g/mol. The molecule has 118 valence electrons. The molecule has 0 saturated carbocycles. The van der Waals surface area contributed by atoms with E-state index >= 15 is 0 Å². The minimum absolute atomic E-state index is 0.129. The number of para-hydroxylation sites is 1. The van der Waals surface area contributed by atoms with Gasteiger partial charge in [-0.05, 0) is 54.2 Å². The molecule has 7 heteroatoms. The van der Waals surface area contributed by atoms with Crippen molar-refractivity contribution in [2.45, 2.75) is 37.6 Å². The van der Waals surface area contributed by atoms with Crippen LogP contribution in [0.1, 0.15) is 31.9 Å². The van der Waals surface area contributed by atoms with Crippen molar-refractivity contribution < 1.29 is 8.42 Å². The summed E-state index contributed by atoms with van der Waals surface area (Å²) >= 11 is 3.49. The molecule has 3 rings (SSSR count). The molecular weight excluding hydrogens is 366 g/mol. The van der Waals surface area contributed by atoms with Gasteiger partial charge in [0.2, 0.25) is 0 Å². The maximum Gasteiger partial charge on any atom is 0.267 e. The maximum absolute atomic E-state index is 13.0. The second kappa shape index (κ2) is 5.70. The summed E-state index contributed by atoms with van der Waals surface area (Å²) < 4.78 is 30.0. The van der Waals surface area contributed by atoms with E-state index in [4.69, 9.17) is 0 Å². The molecule has 2 heterocycles. The maximum atomic E-state index is 13.0. The molecule has 0 spiro atoms. The van der Waals surface area contributed by atoms with E-state index in [0.717, 1.165) is 28.6 Å². The van der Waals surface area contributed by atoms with Crippen molar-refractivity contribution in [2.75, 3.05) is 10.8 Å². The molecule has 1 aliphatic rings. The Morgan fingerprint density at radius 3 is 2.77 bits per heavy atom. The Balaban J connectivity index is 2.07. The topological polar surface area (TPSA) is 55.2 Å². The number of sulfonamides is 1. The summed E-state index contributed by atoms with van der Waals surface area (Å²) in [5, 5.41) is 4.15.